The number of benzene rings is 1. The van der Waals surface area contributed by atoms with Gasteiger partial charge in [-0.15, -0.1) is 0 Å². The molecule has 0 fully saturated rings. The third-order valence-electron chi connectivity index (χ3n) is 2.27. The van der Waals surface area contributed by atoms with Crippen molar-refractivity contribution in [3.8, 4) is 0 Å². The fraction of sp³-hybridized carbons (Fsp3) is 0.0909. The number of nitrogens with zero attached hydrogens (tertiary/aromatic N) is 1. The zero-order valence-corrected chi connectivity index (χ0v) is 10.7. The van der Waals surface area contributed by atoms with Gasteiger partial charge in [0, 0.05) is 16.2 Å². The Morgan fingerprint density at radius 1 is 1.47 bits per heavy atom. The molecular weight excluding hydrogens is 284 g/mol. The summed E-state index contributed by atoms with van der Waals surface area (Å²) < 4.78 is 0.944. The summed E-state index contributed by atoms with van der Waals surface area (Å²) in [6.07, 6.45) is 0. The number of aromatic amines is 1. The minimum Gasteiger partial charge on any atom is -0.382 e. The normalized spacial score (nSPS) is 10.2. The number of nitrogen functional groups attached to an aromatic ring is 1. The van der Waals surface area contributed by atoms with Crippen LogP contribution in [0.2, 0.25) is 0 Å². The molecule has 4 N–H and O–H groups in total. The second-order valence-corrected chi connectivity index (χ2v) is 4.48. The Labute approximate surface area is 107 Å². The largest absolute Gasteiger partial charge is 0.382 e. The van der Waals surface area contributed by atoms with Crippen molar-refractivity contribution in [2.24, 2.45) is 0 Å². The van der Waals surface area contributed by atoms with Gasteiger partial charge in [0.15, 0.2) is 0 Å². The Balaban J connectivity index is 2.15. The number of H-pyrrole nitrogens is 1. The number of carbonyl (C=O) groups is 1. The molecule has 0 aliphatic carbocycles. The summed E-state index contributed by atoms with van der Waals surface area (Å²) in [5, 5.41) is 8.99. The smallest absolute Gasteiger partial charge is 0.273 e. The Kier molecular flexibility index (Phi) is 3.14. The fourth-order valence-corrected chi connectivity index (χ4v) is 1.70. The zero-order chi connectivity index (χ0) is 12.4. The molecule has 1 aromatic carbocycles. The highest BCUT2D eigenvalue weighted by molar-refractivity contribution is 9.10. The molecule has 0 unspecified atom stereocenters. The highest BCUT2D eigenvalue weighted by atomic mass is 79.9. The molecule has 0 atom stereocenters. The van der Waals surface area contributed by atoms with Gasteiger partial charge < -0.3 is 11.1 Å². The van der Waals surface area contributed by atoms with E-state index >= 15 is 0 Å². The molecule has 0 radical (unpaired) electrons. The first kappa shape index (κ1) is 11.7. The molecule has 0 spiro atoms. The maximum absolute atomic E-state index is 11.8. The number of anilines is 2. The molecule has 1 aromatic heterocycles. The second-order valence-electron chi connectivity index (χ2n) is 3.62. The van der Waals surface area contributed by atoms with Crippen molar-refractivity contribution < 1.29 is 4.79 Å². The van der Waals surface area contributed by atoms with E-state index in [0.29, 0.717) is 17.2 Å². The lowest BCUT2D eigenvalue weighted by Gasteiger charge is -2.05. The monoisotopic (exact) mass is 294 g/mol. The van der Waals surface area contributed by atoms with Crippen LogP contribution in [0.1, 0.15) is 16.1 Å². The van der Waals surface area contributed by atoms with Crippen LogP contribution in [0.25, 0.3) is 0 Å². The SMILES string of the molecule is Cc1ccc(NC(=O)c2cc(N)n[nH]2)cc1Br. The highest BCUT2D eigenvalue weighted by Gasteiger charge is 2.09. The molecule has 0 saturated carbocycles. The van der Waals surface area contributed by atoms with Crippen LogP contribution in [0.5, 0.6) is 0 Å². The van der Waals surface area contributed by atoms with Gasteiger partial charge in [-0.05, 0) is 24.6 Å². The second kappa shape index (κ2) is 4.58. The quantitative estimate of drug-likeness (QED) is 0.795. The van der Waals surface area contributed by atoms with E-state index < -0.39 is 0 Å². The van der Waals surface area contributed by atoms with E-state index in [1.807, 2.05) is 25.1 Å². The molecule has 5 nitrogen and oxygen atoms in total. The summed E-state index contributed by atoms with van der Waals surface area (Å²) in [4.78, 5) is 11.8. The van der Waals surface area contributed by atoms with E-state index in [0.717, 1.165) is 10.0 Å². The van der Waals surface area contributed by atoms with Gasteiger partial charge in [-0.25, -0.2) is 0 Å². The van der Waals surface area contributed by atoms with Gasteiger partial charge in [-0.1, -0.05) is 22.0 Å². The number of carbonyl (C=O) groups excluding carboxylic acids is 1. The van der Waals surface area contributed by atoms with Gasteiger partial charge in [0.25, 0.3) is 5.91 Å². The lowest BCUT2D eigenvalue weighted by atomic mass is 10.2. The zero-order valence-electron chi connectivity index (χ0n) is 9.12. The first-order valence-electron chi connectivity index (χ1n) is 4.94. The first-order valence-corrected chi connectivity index (χ1v) is 5.74. The maximum atomic E-state index is 11.8. The molecule has 17 heavy (non-hydrogen) atoms. The number of amides is 1. The van der Waals surface area contributed by atoms with Crippen LogP contribution < -0.4 is 11.1 Å². The fourth-order valence-electron chi connectivity index (χ4n) is 1.32. The van der Waals surface area contributed by atoms with Crippen LogP contribution in [-0.2, 0) is 0 Å². The first-order chi connectivity index (χ1) is 8.06. The van der Waals surface area contributed by atoms with Gasteiger partial charge in [0.1, 0.15) is 11.5 Å². The molecule has 2 rings (SSSR count). The number of nitrogens with two attached hydrogens (primary N) is 1. The van der Waals surface area contributed by atoms with Crippen molar-refractivity contribution in [3.63, 3.8) is 0 Å². The average Bonchev–Trinajstić information content (AvgIpc) is 2.70. The van der Waals surface area contributed by atoms with Crippen LogP contribution in [0.3, 0.4) is 0 Å². The molecule has 1 heterocycles. The van der Waals surface area contributed by atoms with Crippen molar-refractivity contribution in [1.29, 1.82) is 0 Å². The summed E-state index contributed by atoms with van der Waals surface area (Å²) in [6.45, 7) is 1.98. The Hall–Kier alpha value is -1.82. The topological polar surface area (TPSA) is 83.8 Å². The predicted octanol–water partition coefficient (Wildman–Crippen LogP) is 2.32. The van der Waals surface area contributed by atoms with Crippen LogP contribution >= 0.6 is 15.9 Å². The van der Waals surface area contributed by atoms with Gasteiger partial charge in [-0.3, -0.25) is 9.89 Å². The Bertz CT molecular complexity index is 564. The number of rotatable bonds is 2. The van der Waals surface area contributed by atoms with Crippen LogP contribution in [0.4, 0.5) is 11.5 Å². The molecule has 0 aliphatic heterocycles. The van der Waals surface area contributed by atoms with Gasteiger partial charge in [0.2, 0.25) is 0 Å². The van der Waals surface area contributed by atoms with E-state index in [9.17, 15) is 4.79 Å². The molecule has 2 aromatic rings. The summed E-state index contributed by atoms with van der Waals surface area (Å²) >= 11 is 3.40. The van der Waals surface area contributed by atoms with E-state index in [2.05, 4.69) is 31.4 Å². The van der Waals surface area contributed by atoms with Crippen molar-refractivity contribution in [2.75, 3.05) is 11.1 Å². The van der Waals surface area contributed by atoms with Crippen molar-refractivity contribution in [1.82, 2.24) is 10.2 Å². The number of aromatic nitrogens is 2. The Morgan fingerprint density at radius 3 is 2.82 bits per heavy atom. The van der Waals surface area contributed by atoms with Crippen LogP contribution in [-0.4, -0.2) is 16.1 Å². The molecule has 0 bridgehead atoms. The highest BCUT2D eigenvalue weighted by Crippen LogP contribution is 2.21. The average molecular weight is 295 g/mol. The third-order valence-corrected chi connectivity index (χ3v) is 3.13. The summed E-state index contributed by atoms with van der Waals surface area (Å²) in [5.74, 6) is 0.0187. The number of halogens is 1. The molecular formula is C11H11BrN4O. The van der Waals surface area contributed by atoms with Crippen molar-refractivity contribution in [2.45, 2.75) is 6.92 Å². The number of hydrogen-bond acceptors (Lipinski definition) is 3. The Morgan fingerprint density at radius 2 is 2.24 bits per heavy atom. The molecule has 0 saturated heterocycles. The van der Waals surface area contributed by atoms with E-state index in [-0.39, 0.29) is 5.91 Å². The van der Waals surface area contributed by atoms with E-state index in [1.165, 1.54) is 6.07 Å². The molecule has 6 heteroatoms. The lowest BCUT2D eigenvalue weighted by molar-refractivity contribution is 0.102. The van der Waals surface area contributed by atoms with Gasteiger partial charge >= 0.3 is 0 Å². The van der Waals surface area contributed by atoms with E-state index in [4.69, 9.17) is 5.73 Å². The van der Waals surface area contributed by atoms with Crippen molar-refractivity contribution in [3.05, 3.63) is 40.0 Å². The lowest BCUT2D eigenvalue weighted by Crippen LogP contribution is -2.12. The predicted molar refractivity (Wildman–Crippen MR) is 69.8 cm³/mol. The standard InChI is InChI=1S/C11H11BrN4O/c1-6-2-3-7(4-8(6)12)14-11(17)9-5-10(13)16-15-9/h2-5H,1H3,(H,14,17)(H3,13,15,16). The van der Waals surface area contributed by atoms with Crippen LogP contribution in [0.15, 0.2) is 28.7 Å². The van der Waals surface area contributed by atoms with Crippen LogP contribution in [0, 0.1) is 6.92 Å². The number of nitrogens with one attached hydrogen (secondary N) is 2. The number of hydrogen-bond donors (Lipinski definition) is 3. The molecule has 1 amide bonds. The summed E-state index contributed by atoms with van der Waals surface area (Å²) in [6, 6.07) is 7.07. The van der Waals surface area contributed by atoms with E-state index in [1.54, 1.807) is 0 Å². The van der Waals surface area contributed by atoms with Crippen molar-refractivity contribution >= 4 is 33.3 Å². The summed E-state index contributed by atoms with van der Waals surface area (Å²) in [5.41, 5.74) is 7.57. The molecule has 0 aliphatic rings. The maximum Gasteiger partial charge on any atom is 0.273 e. The summed E-state index contributed by atoms with van der Waals surface area (Å²) in [7, 11) is 0. The van der Waals surface area contributed by atoms with Gasteiger partial charge in [0.05, 0.1) is 0 Å². The number of aryl methyl sites for hydroxylation is 1. The molecule has 88 valence electrons. The third kappa shape index (κ3) is 2.65. The minimum absolute atomic E-state index is 0.273. The minimum atomic E-state index is -0.273. The van der Waals surface area contributed by atoms with Gasteiger partial charge in [-0.2, -0.15) is 5.10 Å².